The summed E-state index contributed by atoms with van der Waals surface area (Å²) >= 11 is 5.83. The van der Waals surface area contributed by atoms with Crippen LogP contribution in [0.2, 0.25) is 0 Å². The molecule has 5 atom stereocenters. The van der Waals surface area contributed by atoms with E-state index in [-0.39, 0.29) is 30.1 Å². The summed E-state index contributed by atoms with van der Waals surface area (Å²) in [6, 6.07) is 17.3. The first-order valence-corrected chi connectivity index (χ1v) is 11.8. The second kappa shape index (κ2) is 9.04. The number of carbonyl (C=O) groups is 1. The molecule has 2 bridgehead atoms. The zero-order chi connectivity index (χ0) is 20.5. The Kier molecular flexibility index (Phi) is 6.63. The van der Waals surface area contributed by atoms with Crippen molar-refractivity contribution in [2.45, 2.75) is 43.6 Å². The quantitative estimate of drug-likeness (QED) is 0.367. The van der Waals surface area contributed by atoms with Gasteiger partial charge in [-0.25, -0.2) is 0 Å². The van der Waals surface area contributed by atoms with E-state index in [0.717, 1.165) is 34.9 Å². The van der Waals surface area contributed by atoms with Crippen LogP contribution in [0.1, 0.15) is 36.5 Å². The van der Waals surface area contributed by atoms with Crippen LogP contribution in [0, 0.1) is 9.49 Å². The van der Waals surface area contributed by atoms with Crippen LogP contribution in [0.4, 0.5) is 0 Å². The number of methoxy groups -OCH3 is 1. The van der Waals surface area contributed by atoms with Crippen molar-refractivity contribution in [2.24, 2.45) is 5.92 Å². The van der Waals surface area contributed by atoms with Gasteiger partial charge in [0.25, 0.3) is 0 Å². The normalized spacial score (nSPS) is 27.6. The van der Waals surface area contributed by atoms with Crippen molar-refractivity contribution in [2.75, 3.05) is 14.2 Å². The molecule has 2 aromatic rings. The van der Waals surface area contributed by atoms with Crippen LogP contribution >= 0.6 is 38.5 Å². The second-order valence-electron chi connectivity index (χ2n) is 7.91. The molecule has 4 rings (SSSR count). The van der Waals surface area contributed by atoms with Gasteiger partial charge in [0.1, 0.15) is 6.10 Å². The van der Waals surface area contributed by atoms with Gasteiger partial charge in [0.15, 0.2) is 0 Å². The highest BCUT2D eigenvalue weighted by molar-refractivity contribution is 14.1. The van der Waals surface area contributed by atoms with E-state index >= 15 is 0 Å². The number of halogens is 2. The lowest BCUT2D eigenvalue weighted by atomic mass is 9.87. The number of hydrogen-bond donors (Lipinski definition) is 0. The summed E-state index contributed by atoms with van der Waals surface area (Å²) in [5.41, 5.74) is 2.19. The highest BCUT2D eigenvalue weighted by Crippen LogP contribution is 2.42. The molecular formula is C23H25BrINO3. The SMILES string of the molecule is COC(=O)[C@@H]1[C@@H](OC(c2ccc(Br)cc2)c2ccc(I)cc2)C[C@H]2CC[C@@H]1N2C. The molecule has 2 saturated heterocycles. The van der Waals surface area contributed by atoms with Gasteiger partial charge in [-0.2, -0.15) is 0 Å². The summed E-state index contributed by atoms with van der Waals surface area (Å²) in [6.07, 6.45) is 2.60. The van der Waals surface area contributed by atoms with Crippen LogP contribution in [0.3, 0.4) is 0 Å². The standard InChI is InChI=1S/C23H25BrINO3/c1-26-18-11-12-19(26)21(23(27)28-2)20(13-18)29-22(14-3-7-16(24)8-4-14)15-5-9-17(25)10-6-15/h3-10,18-22H,11-13H2,1-2H3/t18-,19+,20+,21+,22?/m1/s1. The summed E-state index contributed by atoms with van der Waals surface area (Å²) < 4.78 is 14.2. The van der Waals surface area contributed by atoms with Gasteiger partial charge in [0.2, 0.25) is 0 Å². The van der Waals surface area contributed by atoms with Crippen LogP contribution < -0.4 is 0 Å². The van der Waals surface area contributed by atoms with Crippen LogP contribution in [0.15, 0.2) is 53.0 Å². The van der Waals surface area contributed by atoms with E-state index in [2.05, 4.69) is 86.9 Å². The first kappa shape index (κ1) is 21.3. The highest BCUT2D eigenvalue weighted by atomic mass is 127. The minimum atomic E-state index is -0.259. The molecule has 154 valence electrons. The minimum absolute atomic E-state index is 0.163. The predicted octanol–water partition coefficient (Wildman–Crippen LogP) is 5.18. The molecule has 1 unspecified atom stereocenters. The first-order chi connectivity index (χ1) is 14.0. The van der Waals surface area contributed by atoms with Crippen molar-refractivity contribution < 1.29 is 14.3 Å². The molecule has 2 aliphatic rings. The third-order valence-corrected chi connectivity index (χ3v) is 7.59. The Labute approximate surface area is 194 Å². The van der Waals surface area contributed by atoms with Gasteiger partial charge in [0, 0.05) is 20.1 Å². The molecule has 2 heterocycles. The van der Waals surface area contributed by atoms with Crippen LogP contribution in [-0.2, 0) is 14.3 Å². The van der Waals surface area contributed by atoms with Gasteiger partial charge in [-0.3, -0.25) is 9.69 Å². The Morgan fingerprint density at radius 2 is 1.72 bits per heavy atom. The molecule has 0 spiro atoms. The lowest BCUT2D eigenvalue weighted by Gasteiger charge is -2.42. The monoisotopic (exact) mass is 569 g/mol. The Bertz CT molecular complexity index is 812. The number of nitrogens with zero attached hydrogens (tertiary/aromatic N) is 1. The van der Waals surface area contributed by atoms with E-state index in [4.69, 9.17) is 9.47 Å². The minimum Gasteiger partial charge on any atom is -0.469 e. The maximum Gasteiger partial charge on any atom is 0.312 e. The average Bonchev–Trinajstić information content (AvgIpc) is 2.96. The smallest absolute Gasteiger partial charge is 0.312 e. The molecule has 0 N–H and O–H groups in total. The van der Waals surface area contributed by atoms with Gasteiger partial charge in [-0.05, 0) is 84.3 Å². The Morgan fingerprint density at radius 3 is 2.34 bits per heavy atom. The highest BCUT2D eigenvalue weighted by Gasteiger charge is 2.50. The number of fused-ring (bicyclic) bond motifs is 2. The zero-order valence-electron chi connectivity index (χ0n) is 16.6. The van der Waals surface area contributed by atoms with Gasteiger partial charge in [0.05, 0.1) is 19.1 Å². The number of benzene rings is 2. The van der Waals surface area contributed by atoms with Gasteiger partial charge < -0.3 is 9.47 Å². The number of rotatable bonds is 5. The van der Waals surface area contributed by atoms with Gasteiger partial charge >= 0.3 is 5.97 Å². The fraction of sp³-hybridized carbons (Fsp3) is 0.435. The van der Waals surface area contributed by atoms with Crippen LogP contribution in [0.25, 0.3) is 0 Å². The molecule has 0 saturated carbocycles. The summed E-state index contributed by atoms with van der Waals surface area (Å²) in [4.78, 5) is 15.1. The van der Waals surface area contributed by atoms with Crippen molar-refractivity contribution in [3.63, 3.8) is 0 Å². The van der Waals surface area contributed by atoms with Crippen molar-refractivity contribution >= 4 is 44.5 Å². The molecular weight excluding hydrogens is 545 g/mol. The van der Waals surface area contributed by atoms with Crippen LogP contribution in [-0.4, -0.2) is 43.2 Å². The van der Waals surface area contributed by atoms with Gasteiger partial charge in [-0.1, -0.05) is 40.2 Å². The van der Waals surface area contributed by atoms with Crippen molar-refractivity contribution in [1.29, 1.82) is 0 Å². The number of carbonyl (C=O) groups excluding carboxylic acids is 1. The Morgan fingerprint density at radius 1 is 1.10 bits per heavy atom. The molecule has 4 nitrogen and oxygen atoms in total. The topological polar surface area (TPSA) is 38.8 Å². The summed E-state index contributed by atoms with van der Waals surface area (Å²) in [5.74, 6) is -0.421. The van der Waals surface area contributed by atoms with Gasteiger partial charge in [-0.15, -0.1) is 0 Å². The predicted molar refractivity (Wildman–Crippen MR) is 125 cm³/mol. The molecule has 0 radical (unpaired) electrons. The third-order valence-electron chi connectivity index (χ3n) is 6.34. The number of esters is 1. The summed E-state index contributed by atoms with van der Waals surface area (Å²) in [5, 5.41) is 0. The summed E-state index contributed by atoms with van der Waals surface area (Å²) in [7, 11) is 3.60. The van der Waals surface area contributed by atoms with E-state index in [0.29, 0.717) is 6.04 Å². The lowest BCUT2D eigenvalue weighted by Crippen LogP contribution is -2.53. The molecule has 0 amide bonds. The number of piperidine rings is 1. The molecule has 2 fully saturated rings. The van der Waals surface area contributed by atoms with E-state index < -0.39 is 0 Å². The van der Waals surface area contributed by atoms with E-state index in [9.17, 15) is 4.79 Å². The molecule has 2 aliphatic heterocycles. The maximum absolute atomic E-state index is 12.7. The fourth-order valence-electron chi connectivity index (χ4n) is 4.81. The fourth-order valence-corrected chi connectivity index (χ4v) is 5.43. The molecule has 2 aromatic carbocycles. The lowest BCUT2D eigenvalue weighted by molar-refractivity contribution is -0.162. The first-order valence-electron chi connectivity index (χ1n) is 9.94. The van der Waals surface area contributed by atoms with Crippen molar-refractivity contribution in [3.05, 3.63) is 67.7 Å². The average molecular weight is 570 g/mol. The maximum atomic E-state index is 12.7. The molecule has 0 aliphatic carbocycles. The Balaban J connectivity index is 1.68. The van der Waals surface area contributed by atoms with E-state index in [1.807, 2.05) is 12.1 Å². The van der Waals surface area contributed by atoms with E-state index in [1.54, 1.807) is 0 Å². The molecule has 0 aromatic heterocycles. The number of ether oxygens (including phenoxy) is 2. The largest absolute Gasteiger partial charge is 0.469 e. The molecule has 29 heavy (non-hydrogen) atoms. The molecule has 6 heteroatoms. The van der Waals surface area contributed by atoms with Crippen molar-refractivity contribution in [1.82, 2.24) is 4.90 Å². The van der Waals surface area contributed by atoms with E-state index in [1.165, 1.54) is 10.7 Å². The van der Waals surface area contributed by atoms with Crippen molar-refractivity contribution in [3.8, 4) is 0 Å². The summed E-state index contributed by atoms with van der Waals surface area (Å²) in [6.45, 7) is 0. The Hall–Kier alpha value is -0.960. The third kappa shape index (κ3) is 4.40. The van der Waals surface area contributed by atoms with Crippen LogP contribution in [0.5, 0.6) is 0 Å². The zero-order valence-corrected chi connectivity index (χ0v) is 20.3. The second-order valence-corrected chi connectivity index (χ2v) is 10.1. The number of hydrogen-bond acceptors (Lipinski definition) is 4.